The van der Waals surface area contributed by atoms with Gasteiger partial charge in [-0.25, -0.2) is 14.4 Å². The number of esters is 2. The molecule has 0 aliphatic rings. The molecule has 1 N–H and O–H groups in total. The molecule has 0 heterocycles. The molecule has 0 aromatic heterocycles. The normalized spacial score (nSPS) is 11.0. The van der Waals surface area contributed by atoms with Gasteiger partial charge in [-0.05, 0) is 5.56 Å². The fourth-order valence-electron chi connectivity index (χ4n) is 1.63. The highest BCUT2D eigenvalue weighted by atomic mass is 16.6. The molecule has 8 heteroatoms. The van der Waals surface area contributed by atoms with E-state index in [0.717, 1.165) is 19.8 Å². The molecule has 0 aliphatic heterocycles. The van der Waals surface area contributed by atoms with Crippen LogP contribution in [0.2, 0.25) is 0 Å². The first-order valence-electron chi connectivity index (χ1n) is 6.64. The Labute approximate surface area is 132 Å². The summed E-state index contributed by atoms with van der Waals surface area (Å²) in [6.07, 6.45) is -1.50. The summed E-state index contributed by atoms with van der Waals surface area (Å²) >= 11 is 0. The number of alkyl carbamates (subject to hydrolysis) is 1. The smallest absolute Gasteiger partial charge is 0.408 e. The molecule has 0 fully saturated rings. The molecule has 1 atom stereocenters. The van der Waals surface area contributed by atoms with Crippen molar-refractivity contribution in [2.75, 3.05) is 14.2 Å². The second-order valence-electron chi connectivity index (χ2n) is 4.40. The summed E-state index contributed by atoms with van der Waals surface area (Å²) in [6.45, 7) is -0.00842. The van der Waals surface area contributed by atoms with Crippen molar-refractivity contribution in [3.63, 3.8) is 0 Å². The molecule has 0 aliphatic carbocycles. The molecular weight excluding hydrogens is 306 g/mol. The zero-order valence-electron chi connectivity index (χ0n) is 12.7. The number of ketones is 1. The molecule has 23 heavy (non-hydrogen) atoms. The largest absolute Gasteiger partial charge is 0.467 e. The molecule has 1 aromatic rings. The van der Waals surface area contributed by atoms with Gasteiger partial charge in [-0.2, -0.15) is 0 Å². The van der Waals surface area contributed by atoms with Crippen molar-refractivity contribution in [3.8, 4) is 0 Å². The maximum atomic E-state index is 11.7. The molecule has 0 spiro atoms. The molecule has 0 bridgehead atoms. The Morgan fingerprint density at radius 2 is 1.70 bits per heavy atom. The third-order valence-corrected chi connectivity index (χ3v) is 2.79. The summed E-state index contributed by atoms with van der Waals surface area (Å²) in [4.78, 5) is 45.8. The van der Waals surface area contributed by atoms with E-state index in [0.29, 0.717) is 0 Å². The van der Waals surface area contributed by atoms with E-state index in [4.69, 9.17) is 4.74 Å². The van der Waals surface area contributed by atoms with Crippen LogP contribution in [0.3, 0.4) is 0 Å². The van der Waals surface area contributed by atoms with Crippen molar-refractivity contribution in [1.29, 1.82) is 0 Å². The summed E-state index contributed by atoms with van der Waals surface area (Å²) < 4.78 is 13.7. The van der Waals surface area contributed by atoms with E-state index in [9.17, 15) is 19.2 Å². The average Bonchev–Trinajstić information content (AvgIpc) is 2.58. The van der Waals surface area contributed by atoms with Gasteiger partial charge in [-0.3, -0.25) is 4.79 Å². The second-order valence-corrected chi connectivity index (χ2v) is 4.40. The lowest BCUT2D eigenvalue weighted by molar-refractivity contribution is -0.153. The van der Waals surface area contributed by atoms with Crippen molar-refractivity contribution in [2.45, 2.75) is 19.1 Å². The van der Waals surface area contributed by atoms with Gasteiger partial charge in [-0.15, -0.1) is 0 Å². The van der Waals surface area contributed by atoms with E-state index < -0.39 is 36.3 Å². The molecular formula is C15H17NO7. The topological polar surface area (TPSA) is 108 Å². The summed E-state index contributed by atoms with van der Waals surface area (Å²) in [5, 5.41) is 2.18. The Hall–Kier alpha value is -2.90. The Morgan fingerprint density at radius 1 is 1.04 bits per heavy atom. The highest BCUT2D eigenvalue weighted by molar-refractivity contribution is 6.34. The van der Waals surface area contributed by atoms with Crippen LogP contribution < -0.4 is 5.32 Å². The number of nitrogens with one attached hydrogen (secondary N) is 1. The fourth-order valence-corrected chi connectivity index (χ4v) is 1.63. The monoisotopic (exact) mass is 323 g/mol. The highest BCUT2D eigenvalue weighted by Crippen LogP contribution is 2.03. The van der Waals surface area contributed by atoms with Crippen molar-refractivity contribution >= 4 is 23.8 Å². The van der Waals surface area contributed by atoms with Gasteiger partial charge >= 0.3 is 18.0 Å². The minimum atomic E-state index is -1.34. The van der Waals surface area contributed by atoms with E-state index >= 15 is 0 Å². The van der Waals surface area contributed by atoms with Gasteiger partial charge in [0.1, 0.15) is 12.6 Å². The number of benzene rings is 1. The van der Waals surface area contributed by atoms with Crippen LogP contribution in [0.25, 0.3) is 0 Å². The van der Waals surface area contributed by atoms with Gasteiger partial charge in [0, 0.05) is 6.42 Å². The fraction of sp³-hybridized carbons (Fsp3) is 0.333. The predicted octanol–water partition coefficient (Wildman–Crippen LogP) is 0.587. The van der Waals surface area contributed by atoms with Crippen LogP contribution in [-0.4, -0.2) is 44.1 Å². The first-order valence-corrected chi connectivity index (χ1v) is 6.64. The Morgan fingerprint density at radius 3 is 2.26 bits per heavy atom. The van der Waals surface area contributed by atoms with Crippen molar-refractivity contribution < 1.29 is 33.4 Å². The van der Waals surface area contributed by atoms with Crippen LogP contribution in [0.4, 0.5) is 4.79 Å². The average molecular weight is 323 g/mol. The maximum absolute atomic E-state index is 11.7. The lowest BCUT2D eigenvalue weighted by Gasteiger charge is -2.15. The van der Waals surface area contributed by atoms with Crippen molar-refractivity contribution in [2.24, 2.45) is 0 Å². The molecule has 1 amide bonds. The van der Waals surface area contributed by atoms with Crippen LogP contribution >= 0.6 is 0 Å². The number of carbonyl (C=O) groups is 4. The quantitative estimate of drug-likeness (QED) is 0.444. The van der Waals surface area contributed by atoms with E-state index in [-0.39, 0.29) is 6.61 Å². The highest BCUT2D eigenvalue weighted by Gasteiger charge is 2.28. The second kappa shape index (κ2) is 9.19. The lowest BCUT2D eigenvalue weighted by atomic mass is 10.1. The van der Waals surface area contributed by atoms with Gasteiger partial charge in [0.15, 0.2) is 0 Å². The van der Waals surface area contributed by atoms with E-state index in [1.54, 1.807) is 24.3 Å². The SMILES string of the molecule is COC(=O)C(=O)CC(NC(=O)OCc1ccccc1)C(=O)OC. The summed E-state index contributed by atoms with van der Waals surface area (Å²) in [5.41, 5.74) is 0.753. The molecule has 1 rings (SSSR count). The summed E-state index contributed by atoms with van der Waals surface area (Å²) in [5.74, 6) is -2.96. The Bertz CT molecular complexity index is 570. The molecule has 0 radical (unpaired) electrons. The number of amides is 1. The van der Waals surface area contributed by atoms with E-state index in [1.807, 2.05) is 6.07 Å². The number of carbonyl (C=O) groups excluding carboxylic acids is 4. The number of hydrogen-bond acceptors (Lipinski definition) is 7. The van der Waals surface area contributed by atoms with Crippen molar-refractivity contribution in [3.05, 3.63) is 35.9 Å². The lowest BCUT2D eigenvalue weighted by Crippen LogP contribution is -2.44. The van der Waals surface area contributed by atoms with Crippen LogP contribution in [0.5, 0.6) is 0 Å². The number of hydrogen-bond donors (Lipinski definition) is 1. The molecule has 1 unspecified atom stereocenters. The third kappa shape index (κ3) is 6.16. The molecule has 1 aromatic carbocycles. The summed E-state index contributed by atoms with van der Waals surface area (Å²) in [6, 6.07) is 7.55. The Kier molecular flexibility index (Phi) is 7.25. The molecule has 0 saturated carbocycles. The predicted molar refractivity (Wildman–Crippen MR) is 77.2 cm³/mol. The minimum Gasteiger partial charge on any atom is -0.467 e. The minimum absolute atomic E-state index is 0.00842. The van der Waals surface area contributed by atoms with Crippen LogP contribution in [-0.2, 0) is 35.2 Å². The van der Waals surface area contributed by atoms with Gasteiger partial charge in [0.05, 0.1) is 14.2 Å². The molecule has 124 valence electrons. The zero-order chi connectivity index (χ0) is 17.2. The van der Waals surface area contributed by atoms with Crippen LogP contribution in [0, 0.1) is 0 Å². The number of ether oxygens (including phenoxy) is 3. The van der Waals surface area contributed by atoms with Crippen molar-refractivity contribution in [1.82, 2.24) is 5.32 Å². The zero-order valence-corrected chi connectivity index (χ0v) is 12.7. The summed E-state index contributed by atoms with van der Waals surface area (Å²) in [7, 11) is 2.13. The van der Waals surface area contributed by atoms with E-state index in [2.05, 4.69) is 14.8 Å². The van der Waals surface area contributed by atoms with E-state index in [1.165, 1.54) is 0 Å². The maximum Gasteiger partial charge on any atom is 0.408 e. The van der Waals surface area contributed by atoms with Crippen LogP contribution in [0.1, 0.15) is 12.0 Å². The van der Waals surface area contributed by atoms with Gasteiger partial charge < -0.3 is 19.5 Å². The number of rotatable bonds is 7. The molecule has 8 nitrogen and oxygen atoms in total. The first kappa shape index (κ1) is 18.1. The third-order valence-electron chi connectivity index (χ3n) is 2.79. The number of Topliss-reactive ketones (excluding diaryl/α,β-unsaturated/α-hetero) is 1. The molecule has 0 saturated heterocycles. The van der Waals surface area contributed by atoms with Gasteiger partial charge in [0.2, 0.25) is 5.78 Å². The van der Waals surface area contributed by atoms with Gasteiger partial charge in [-0.1, -0.05) is 30.3 Å². The first-order chi connectivity index (χ1) is 11.0. The van der Waals surface area contributed by atoms with Gasteiger partial charge in [0.25, 0.3) is 0 Å². The standard InChI is InChI=1S/C15H17NO7/c1-21-13(18)11(8-12(17)14(19)22-2)16-15(20)23-9-10-6-4-3-5-7-10/h3-7,11H,8-9H2,1-2H3,(H,16,20). The van der Waals surface area contributed by atoms with Crippen LogP contribution in [0.15, 0.2) is 30.3 Å². The number of methoxy groups -OCH3 is 2. The Balaban J connectivity index is 2.58.